The van der Waals surface area contributed by atoms with Crippen molar-refractivity contribution in [2.45, 2.75) is 25.2 Å². The zero-order valence-electron chi connectivity index (χ0n) is 7.77. The molecule has 0 radical (unpaired) electrons. The van der Waals surface area contributed by atoms with E-state index in [1.54, 1.807) is 6.07 Å². The first-order valence-corrected chi connectivity index (χ1v) is 5.26. The molecule has 0 spiro atoms. The van der Waals surface area contributed by atoms with Gasteiger partial charge in [-0.2, -0.15) is 5.26 Å². The Labute approximate surface area is 90.7 Å². The topological polar surface area (TPSA) is 23.8 Å². The van der Waals surface area contributed by atoms with Crippen LogP contribution in [-0.4, -0.2) is 0 Å². The summed E-state index contributed by atoms with van der Waals surface area (Å²) in [7, 11) is 0. The lowest BCUT2D eigenvalue weighted by Gasteiger charge is -2.12. The molecule has 1 nitrogen and oxygen atoms in total. The molecule has 14 heavy (non-hydrogen) atoms. The fraction of sp³-hybridized carbons (Fsp3) is 0.364. The SMILES string of the molecule is Cc1ccc(Br)c(F)c1C1(C#N)CC1. The lowest BCUT2D eigenvalue weighted by molar-refractivity contribution is 0.590. The number of nitrogens with zero attached hydrogens (tertiary/aromatic N) is 1. The van der Waals surface area contributed by atoms with Crippen molar-refractivity contribution in [1.82, 2.24) is 0 Å². The number of benzene rings is 1. The highest BCUT2D eigenvalue weighted by Crippen LogP contribution is 2.50. The molecule has 0 aliphatic heterocycles. The monoisotopic (exact) mass is 253 g/mol. The Balaban J connectivity index is 2.64. The molecule has 72 valence electrons. The van der Waals surface area contributed by atoms with Crippen molar-refractivity contribution in [2.75, 3.05) is 0 Å². The Bertz CT molecular complexity index is 430. The molecule has 1 fully saturated rings. The minimum absolute atomic E-state index is 0.274. The van der Waals surface area contributed by atoms with E-state index in [1.165, 1.54) is 0 Å². The first-order valence-electron chi connectivity index (χ1n) is 4.47. The zero-order valence-corrected chi connectivity index (χ0v) is 9.36. The Morgan fingerprint density at radius 1 is 1.50 bits per heavy atom. The molecule has 0 saturated heterocycles. The number of halogens is 2. The van der Waals surface area contributed by atoms with Gasteiger partial charge in [-0.15, -0.1) is 0 Å². The third-order valence-corrected chi connectivity index (χ3v) is 3.36. The second-order valence-electron chi connectivity index (χ2n) is 3.75. The Morgan fingerprint density at radius 3 is 2.64 bits per heavy atom. The maximum atomic E-state index is 13.8. The van der Waals surface area contributed by atoms with Gasteiger partial charge in [0.2, 0.25) is 0 Å². The van der Waals surface area contributed by atoms with Crippen molar-refractivity contribution in [3.05, 3.63) is 33.5 Å². The number of hydrogen-bond acceptors (Lipinski definition) is 1. The van der Waals surface area contributed by atoms with Crippen molar-refractivity contribution in [2.24, 2.45) is 0 Å². The van der Waals surface area contributed by atoms with Crippen LogP contribution < -0.4 is 0 Å². The zero-order chi connectivity index (χ0) is 10.3. The van der Waals surface area contributed by atoms with E-state index in [4.69, 9.17) is 5.26 Å². The van der Waals surface area contributed by atoms with Crippen LogP contribution in [0.4, 0.5) is 4.39 Å². The average molecular weight is 254 g/mol. The van der Waals surface area contributed by atoms with Crippen LogP contribution in [-0.2, 0) is 5.41 Å². The maximum Gasteiger partial charge on any atom is 0.142 e. The van der Waals surface area contributed by atoms with Crippen LogP contribution in [0.1, 0.15) is 24.0 Å². The van der Waals surface area contributed by atoms with Crippen LogP contribution in [0.25, 0.3) is 0 Å². The third kappa shape index (κ3) is 1.26. The van der Waals surface area contributed by atoms with Gasteiger partial charge in [0.05, 0.1) is 16.0 Å². The second-order valence-corrected chi connectivity index (χ2v) is 4.60. The van der Waals surface area contributed by atoms with Gasteiger partial charge in [0, 0.05) is 5.56 Å². The van der Waals surface area contributed by atoms with Gasteiger partial charge < -0.3 is 0 Å². The van der Waals surface area contributed by atoms with Crippen molar-refractivity contribution >= 4 is 15.9 Å². The predicted molar refractivity (Wildman–Crippen MR) is 55.4 cm³/mol. The van der Waals surface area contributed by atoms with Gasteiger partial charge in [0.25, 0.3) is 0 Å². The first-order chi connectivity index (χ1) is 6.60. The van der Waals surface area contributed by atoms with Gasteiger partial charge >= 0.3 is 0 Å². The number of nitriles is 1. The van der Waals surface area contributed by atoms with Crippen molar-refractivity contribution in [3.8, 4) is 6.07 Å². The molecule has 1 aromatic rings. The van der Waals surface area contributed by atoms with Crippen molar-refractivity contribution < 1.29 is 4.39 Å². The van der Waals surface area contributed by atoms with E-state index in [2.05, 4.69) is 22.0 Å². The summed E-state index contributed by atoms with van der Waals surface area (Å²) in [5.74, 6) is -0.274. The number of rotatable bonds is 1. The second kappa shape index (κ2) is 3.06. The highest BCUT2D eigenvalue weighted by molar-refractivity contribution is 9.10. The molecular formula is C11H9BrFN. The molecule has 3 heteroatoms. The molecular weight excluding hydrogens is 245 g/mol. The Morgan fingerprint density at radius 2 is 2.14 bits per heavy atom. The summed E-state index contributed by atoms with van der Waals surface area (Å²) in [5, 5.41) is 9.02. The van der Waals surface area contributed by atoms with Gasteiger partial charge in [0.1, 0.15) is 5.82 Å². The Hall–Kier alpha value is -0.880. The minimum atomic E-state index is -0.544. The number of aryl methyl sites for hydroxylation is 1. The molecule has 1 saturated carbocycles. The predicted octanol–water partition coefficient (Wildman–Crippen LogP) is 3.45. The van der Waals surface area contributed by atoms with E-state index in [1.807, 2.05) is 13.0 Å². The van der Waals surface area contributed by atoms with Gasteiger partial charge in [-0.3, -0.25) is 0 Å². The molecule has 1 aliphatic rings. The summed E-state index contributed by atoms with van der Waals surface area (Å²) in [6.07, 6.45) is 1.55. The molecule has 0 atom stereocenters. The summed E-state index contributed by atoms with van der Waals surface area (Å²) in [6.45, 7) is 1.85. The summed E-state index contributed by atoms with van der Waals surface area (Å²) in [5.41, 5.74) is 0.900. The summed E-state index contributed by atoms with van der Waals surface area (Å²) in [6, 6.07) is 5.75. The standard InChI is InChI=1S/C11H9BrFN/c1-7-2-3-8(12)10(13)9(7)11(6-14)4-5-11/h2-3H,4-5H2,1H3. The van der Waals surface area contributed by atoms with Crippen molar-refractivity contribution in [1.29, 1.82) is 5.26 Å². The van der Waals surface area contributed by atoms with E-state index in [9.17, 15) is 4.39 Å². The first kappa shape index (κ1) is 9.67. The highest BCUT2D eigenvalue weighted by Gasteiger charge is 2.47. The van der Waals surface area contributed by atoms with Gasteiger partial charge in [-0.25, -0.2) is 4.39 Å². The molecule has 0 N–H and O–H groups in total. The molecule has 0 heterocycles. The molecule has 2 rings (SSSR count). The lowest BCUT2D eigenvalue weighted by atomic mass is 9.93. The fourth-order valence-corrected chi connectivity index (χ4v) is 2.11. The van der Waals surface area contributed by atoms with Crippen molar-refractivity contribution in [3.63, 3.8) is 0 Å². The third-order valence-electron chi connectivity index (χ3n) is 2.75. The number of hydrogen-bond donors (Lipinski definition) is 0. The van der Waals surface area contributed by atoms with E-state index < -0.39 is 5.41 Å². The van der Waals surface area contributed by atoms with Crippen LogP contribution in [0.3, 0.4) is 0 Å². The van der Waals surface area contributed by atoms with Gasteiger partial charge in [0.15, 0.2) is 0 Å². The molecule has 0 bridgehead atoms. The maximum absolute atomic E-state index is 13.8. The van der Waals surface area contributed by atoms with E-state index in [-0.39, 0.29) is 5.82 Å². The summed E-state index contributed by atoms with van der Waals surface area (Å²) >= 11 is 3.15. The van der Waals surface area contributed by atoms with Crippen LogP contribution in [0.15, 0.2) is 16.6 Å². The molecule has 0 unspecified atom stereocenters. The smallest absolute Gasteiger partial charge is 0.142 e. The highest BCUT2D eigenvalue weighted by atomic mass is 79.9. The van der Waals surface area contributed by atoms with E-state index in [0.29, 0.717) is 10.0 Å². The molecule has 1 aromatic carbocycles. The Kier molecular flexibility index (Phi) is 2.11. The summed E-state index contributed by atoms with van der Waals surface area (Å²) in [4.78, 5) is 0. The van der Waals surface area contributed by atoms with E-state index >= 15 is 0 Å². The van der Waals surface area contributed by atoms with Gasteiger partial charge in [-0.05, 0) is 47.3 Å². The lowest BCUT2D eigenvalue weighted by Crippen LogP contribution is -2.08. The minimum Gasteiger partial charge on any atom is -0.205 e. The molecule has 1 aliphatic carbocycles. The van der Waals surface area contributed by atoms with Crippen LogP contribution in [0, 0.1) is 24.1 Å². The van der Waals surface area contributed by atoms with E-state index in [0.717, 1.165) is 18.4 Å². The molecule has 0 amide bonds. The fourth-order valence-electron chi connectivity index (χ4n) is 1.78. The van der Waals surface area contributed by atoms with Crippen LogP contribution >= 0.6 is 15.9 Å². The quantitative estimate of drug-likeness (QED) is 0.752. The largest absolute Gasteiger partial charge is 0.205 e. The average Bonchev–Trinajstić information content (AvgIpc) is 2.93. The van der Waals surface area contributed by atoms with Gasteiger partial charge in [-0.1, -0.05) is 6.07 Å². The summed E-state index contributed by atoms with van der Waals surface area (Å²) < 4.78 is 14.2. The normalized spacial score (nSPS) is 17.6. The molecule has 0 aromatic heterocycles. The van der Waals surface area contributed by atoms with Crippen LogP contribution in [0.5, 0.6) is 0 Å². The van der Waals surface area contributed by atoms with Crippen LogP contribution in [0.2, 0.25) is 0 Å².